The maximum absolute atomic E-state index is 12.9. The van der Waals surface area contributed by atoms with Crippen molar-refractivity contribution in [3.63, 3.8) is 0 Å². The van der Waals surface area contributed by atoms with E-state index >= 15 is 0 Å². The molecule has 0 heterocycles. The first kappa shape index (κ1) is 18.1. The Bertz CT molecular complexity index is 850. The molecule has 1 aliphatic rings. The number of carbonyl (C=O) groups is 1. The van der Waals surface area contributed by atoms with Crippen LogP contribution >= 0.6 is 0 Å². The summed E-state index contributed by atoms with van der Waals surface area (Å²) in [7, 11) is 0. The van der Waals surface area contributed by atoms with Crippen LogP contribution in [0.5, 0.6) is 0 Å². The van der Waals surface area contributed by atoms with Gasteiger partial charge >= 0.3 is 0 Å². The van der Waals surface area contributed by atoms with E-state index in [1.165, 1.54) is 0 Å². The van der Waals surface area contributed by atoms with Gasteiger partial charge in [0.15, 0.2) is 5.78 Å². The fourth-order valence-corrected chi connectivity index (χ4v) is 3.48. The SMILES string of the molecule is CCCC(O)=C1C(=O)CC(c2ccccc2)CC1=Nc1ccccc1C. The molecule has 3 nitrogen and oxygen atoms in total. The molecular formula is C23H25NO2. The molecule has 2 aromatic rings. The fourth-order valence-electron chi connectivity index (χ4n) is 3.48. The third-order valence-electron chi connectivity index (χ3n) is 4.86. The summed E-state index contributed by atoms with van der Waals surface area (Å²) in [6, 6.07) is 18.0. The first-order valence-electron chi connectivity index (χ1n) is 9.24. The maximum atomic E-state index is 12.9. The van der Waals surface area contributed by atoms with Gasteiger partial charge in [-0.15, -0.1) is 0 Å². The van der Waals surface area contributed by atoms with E-state index in [0.717, 1.165) is 23.2 Å². The number of nitrogens with zero attached hydrogens (tertiary/aromatic N) is 1. The van der Waals surface area contributed by atoms with Gasteiger partial charge in [0.05, 0.1) is 17.0 Å². The average Bonchev–Trinajstić information content (AvgIpc) is 2.64. The molecule has 0 amide bonds. The number of aliphatic hydroxyl groups excluding tert-OH is 1. The van der Waals surface area contributed by atoms with Crippen LogP contribution in [0, 0.1) is 6.92 Å². The summed E-state index contributed by atoms with van der Waals surface area (Å²) < 4.78 is 0. The zero-order valence-electron chi connectivity index (χ0n) is 15.4. The highest BCUT2D eigenvalue weighted by atomic mass is 16.3. The molecule has 0 aromatic heterocycles. The van der Waals surface area contributed by atoms with Crippen LogP contribution in [0.1, 0.15) is 49.7 Å². The van der Waals surface area contributed by atoms with E-state index in [1.54, 1.807) is 0 Å². The smallest absolute Gasteiger partial charge is 0.168 e. The van der Waals surface area contributed by atoms with Crippen molar-refractivity contribution in [3.8, 4) is 0 Å². The number of Topliss-reactive ketones (excluding diaryl/α,β-unsaturated/α-hetero) is 1. The van der Waals surface area contributed by atoms with Crippen molar-refractivity contribution >= 4 is 17.2 Å². The van der Waals surface area contributed by atoms with E-state index < -0.39 is 0 Å². The van der Waals surface area contributed by atoms with Gasteiger partial charge in [-0.2, -0.15) is 0 Å². The lowest BCUT2D eigenvalue weighted by atomic mass is 9.78. The molecule has 1 saturated carbocycles. The van der Waals surface area contributed by atoms with Gasteiger partial charge in [-0.25, -0.2) is 0 Å². The third-order valence-corrected chi connectivity index (χ3v) is 4.86. The predicted molar refractivity (Wildman–Crippen MR) is 106 cm³/mol. The monoisotopic (exact) mass is 347 g/mol. The summed E-state index contributed by atoms with van der Waals surface area (Å²) in [5, 5.41) is 10.5. The van der Waals surface area contributed by atoms with Crippen molar-refractivity contribution in [1.29, 1.82) is 0 Å². The van der Waals surface area contributed by atoms with Crippen molar-refractivity contribution in [1.82, 2.24) is 0 Å². The second-order valence-corrected chi connectivity index (χ2v) is 6.86. The van der Waals surface area contributed by atoms with Crippen molar-refractivity contribution < 1.29 is 9.90 Å². The molecular weight excluding hydrogens is 322 g/mol. The highest BCUT2D eigenvalue weighted by Gasteiger charge is 2.32. The van der Waals surface area contributed by atoms with Crippen LogP contribution in [-0.2, 0) is 4.79 Å². The zero-order chi connectivity index (χ0) is 18.5. The van der Waals surface area contributed by atoms with E-state index in [4.69, 9.17) is 4.99 Å². The largest absolute Gasteiger partial charge is 0.511 e. The highest BCUT2D eigenvalue weighted by molar-refractivity contribution is 6.25. The van der Waals surface area contributed by atoms with E-state index in [0.29, 0.717) is 30.5 Å². The summed E-state index contributed by atoms with van der Waals surface area (Å²) in [6.45, 7) is 4.00. The second-order valence-electron chi connectivity index (χ2n) is 6.86. The second kappa shape index (κ2) is 8.13. The van der Waals surface area contributed by atoms with Crippen molar-refractivity contribution in [2.45, 2.75) is 45.4 Å². The molecule has 1 atom stereocenters. The third kappa shape index (κ3) is 3.93. The first-order valence-corrected chi connectivity index (χ1v) is 9.24. The Morgan fingerprint density at radius 2 is 1.77 bits per heavy atom. The number of rotatable bonds is 4. The molecule has 2 aromatic carbocycles. The average molecular weight is 347 g/mol. The fraction of sp³-hybridized carbons (Fsp3) is 0.304. The number of ketones is 1. The van der Waals surface area contributed by atoms with Gasteiger partial charge in [-0.1, -0.05) is 55.5 Å². The number of aryl methyl sites for hydroxylation is 1. The normalized spacial score (nSPS) is 21.1. The Hall–Kier alpha value is -2.68. The lowest BCUT2D eigenvalue weighted by molar-refractivity contribution is -0.115. The van der Waals surface area contributed by atoms with E-state index in [1.807, 2.05) is 56.3 Å². The summed E-state index contributed by atoms with van der Waals surface area (Å²) in [4.78, 5) is 17.7. The van der Waals surface area contributed by atoms with Gasteiger partial charge in [0.1, 0.15) is 5.76 Å². The molecule has 0 aliphatic heterocycles. The van der Waals surface area contributed by atoms with Crippen molar-refractivity contribution in [3.05, 3.63) is 77.1 Å². The number of benzene rings is 2. The number of hydrogen-bond donors (Lipinski definition) is 1. The molecule has 1 fully saturated rings. The van der Waals surface area contributed by atoms with Crippen molar-refractivity contribution in [2.24, 2.45) is 4.99 Å². The lowest BCUT2D eigenvalue weighted by Crippen LogP contribution is -2.26. The van der Waals surface area contributed by atoms with Gasteiger partial charge in [0.25, 0.3) is 0 Å². The number of para-hydroxylation sites is 1. The number of aliphatic imine (C=N–C) groups is 1. The van der Waals surface area contributed by atoms with Crippen LogP contribution in [0.25, 0.3) is 0 Å². The summed E-state index contributed by atoms with van der Waals surface area (Å²) >= 11 is 0. The van der Waals surface area contributed by atoms with Gasteiger partial charge in [0, 0.05) is 12.8 Å². The van der Waals surface area contributed by atoms with Crippen LogP contribution in [0.3, 0.4) is 0 Å². The predicted octanol–water partition coefficient (Wildman–Crippen LogP) is 5.83. The minimum Gasteiger partial charge on any atom is -0.511 e. The Balaban J connectivity index is 2.05. The van der Waals surface area contributed by atoms with Crippen LogP contribution in [0.2, 0.25) is 0 Å². The molecule has 0 bridgehead atoms. The zero-order valence-corrected chi connectivity index (χ0v) is 15.4. The van der Waals surface area contributed by atoms with Gasteiger partial charge in [0.2, 0.25) is 0 Å². The van der Waals surface area contributed by atoms with Crippen LogP contribution in [-0.4, -0.2) is 16.6 Å². The molecule has 0 spiro atoms. The van der Waals surface area contributed by atoms with E-state index in [9.17, 15) is 9.90 Å². The molecule has 3 rings (SSSR count). The number of aliphatic hydroxyl groups is 1. The molecule has 3 heteroatoms. The molecule has 0 saturated heterocycles. The minimum atomic E-state index is -0.0108. The Morgan fingerprint density at radius 1 is 1.08 bits per heavy atom. The Labute approximate surface area is 155 Å². The van der Waals surface area contributed by atoms with Crippen LogP contribution in [0.15, 0.2) is 70.9 Å². The number of allylic oxidation sites excluding steroid dienone is 2. The molecule has 1 unspecified atom stereocenters. The minimum absolute atomic E-state index is 0.0108. The Morgan fingerprint density at radius 3 is 2.46 bits per heavy atom. The molecule has 26 heavy (non-hydrogen) atoms. The summed E-state index contributed by atoms with van der Waals surface area (Å²) in [6.07, 6.45) is 2.37. The Kier molecular flexibility index (Phi) is 5.67. The van der Waals surface area contributed by atoms with Gasteiger partial charge < -0.3 is 5.11 Å². The number of carbonyl (C=O) groups excluding carboxylic acids is 1. The molecule has 1 N–H and O–H groups in total. The lowest BCUT2D eigenvalue weighted by Gasteiger charge is -2.26. The van der Waals surface area contributed by atoms with Gasteiger partial charge in [-0.05, 0) is 42.9 Å². The first-order chi connectivity index (χ1) is 12.6. The highest BCUT2D eigenvalue weighted by Crippen LogP contribution is 2.35. The van der Waals surface area contributed by atoms with Crippen LogP contribution in [0.4, 0.5) is 5.69 Å². The van der Waals surface area contributed by atoms with E-state index in [-0.39, 0.29) is 17.5 Å². The topological polar surface area (TPSA) is 49.7 Å². The maximum Gasteiger partial charge on any atom is 0.168 e. The standard InChI is InChI=1S/C23H25NO2/c1-3-9-21(25)23-20(24-19-13-8-7-10-16(19)2)14-18(15-22(23)26)17-11-5-4-6-12-17/h4-8,10-13,18,25H,3,9,14-15H2,1-2H3. The number of hydrogen-bond acceptors (Lipinski definition) is 3. The van der Waals surface area contributed by atoms with Crippen LogP contribution < -0.4 is 0 Å². The quantitative estimate of drug-likeness (QED) is 0.559. The van der Waals surface area contributed by atoms with E-state index in [2.05, 4.69) is 12.1 Å². The molecule has 134 valence electrons. The molecule has 0 radical (unpaired) electrons. The summed E-state index contributed by atoms with van der Waals surface area (Å²) in [5.74, 6) is 0.268. The summed E-state index contributed by atoms with van der Waals surface area (Å²) in [5.41, 5.74) is 4.19. The van der Waals surface area contributed by atoms with Gasteiger partial charge in [-0.3, -0.25) is 9.79 Å². The van der Waals surface area contributed by atoms with Crippen molar-refractivity contribution in [2.75, 3.05) is 0 Å². The molecule has 1 aliphatic carbocycles.